The molecule has 2 aromatic carbocycles. The van der Waals surface area contributed by atoms with Crippen LogP contribution in [0.3, 0.4) is 0 Å². The van der Waals surface area contributed by atoms with Crippen molar-refractivity contribution in [3.05, 3.63) is 53.1 Å². The van der Waals surface area contributed by atoms with Crippen LogP contribution in [0.25, 0.3) is 27.4 Å². The zero-order valence-corrected chi connectivity index (χ0v) is 12.5. The molecule has 1 N–H and O–H groups in total. The maximum absolute atomic E-state index is 9.39. The average molecular weight is 296 g/mol. The average Bonchev–Trinajstić information content (AvgIpc) is 2.97. The van der Waals surface area contributed by atoms with E-state index < -0.39 is 0 Å². The molecule has 0 spiro atoms. The van der Waals surface area contributed by atoms with E-state index >= 15 is 0 Å². The van der Waals surface area contributed by atoms with Crippen LogP contribution in [0.1, 0.15) is 18.1 Å². The third-order valence-corrected chi connectivity index (χ3v) is 3.95. The van der Waals surface area contributed by atoms with Crippen molar-refractivity contribution in [2.45, 2.75) is 13.3 Å². The molecule has 1 aromatic heterocycles. The molecule has 0 bridgehead atoms. The summed E-state index contributed by atoms with van der Waals surface area (Å²) in [4.78, 5) is 3.41. The molecule has 0 aliphatic rings. The van der Waals surface area contributed by atoms with Gasteiger partial charge in [0.25, 0.3) is 0 Å². The summed E-state index contributed by atoms with van der Waals surface area (Å²) in [6.45, 7) is 2.04. The molecule has 3 rings (SSSR count). The summed E-state index contributed by atoms with van der Waals surface area (Å²) in [5.74, 6) is 0. The number of rotatable bonds is 2. The van der Waals surface area contributed by atoms with Crippen molar-refractivity contribution in [2.75, 3.05) is 0 Å². The number of allylic oxidation sites excluding steroid dienone is 2. The number of fused-ring (bicyclic) bond motifs is 3. The van der Waals surface area contributed by atoms with Crippen LogP contribution < -0.4 is 0 Å². The van der Waals surface area contributed by atoms with E-state index in [2.05, 4.69) is 4.98 Å². The summed E-state index contributed by atoms with van der Waals surface area (Å²) < 4.78 is 0. The number of nitrogens with zero attached hydrogens (tertiary/aromatic N) is 3. The summed E-state index contributed by atoms with van der Waals surface area (Å²) >= 11 is 0. The largest absolute Gasteiger partial charge is 0.354 e. The zero-order chi connectivity index (χ0) is 16.4. The van der Waals surface area contributed by atoms with Gasteiger partial charge >= 0.3 is 0 Å². The van der Waals surface area contributed by atoms with E-state index in [1.807, 2.05) is 49.4 Å². The zero-order valence-electron chi connectivity index (χ0n) is 12.5. The summed E-state index contributed by atoms with van der Waals surface area (Å²) in [7, 11) is 0. The van der Waals surface area contributed by atoms with E-state index in [1.165, 1.54) is 0 Å². The Hall–Kier alpha value is -3.55. The number of benzene rings is 2. The predicted molar refractivity (Wildman–Crippen MR) is 88.9 cm³/mol. The molecule has 23 heavy (non-hydrogen) atoms. The first-order valence-electron chi connectivity index (χ1n) is 7.21. The Morgan fingerprint density at radius 1 is 1.00 bits per heavy atom. The summed E-state index contributed by atoms with van der Waals surface area (Å²) in [6.07, 6.45) is 0.782. The number of aromatic amines is 1. The third-order valence-electron chi connectivity index (χ3n) is 3.95. The Labute approximate surface area is 133 Å². The van der Waals surface area contributed by atoms with Crippen LogP contribution in [-0.2, 0) is 6.42 Å². The van der Waals surface area contributed by atoms with Crippen LogP contribution in [-0.4, -0.2) is 4.98 Å². The lowest BCUT2D eigenvalue weighted by Gasteiger charge is -2.05. The quantitative estimate of drug-likeness (QED) is 0.718. The molecule has 0 unspecified atom stereocenters. The number of para-hydroxylation sites is 1. The van der Waals surface area contributed by atoms with Crippen molar-refractivity contribution in [2.24, 2.45) is 0 Å². The number of aromatic nitrogens is 1. The van der Waals surface area contributed by atoms with E-state index in [-0.39, 0.29) is 11.1 Å². The second-order valence-electron chi connectivity index (χ2n) is 5.17. The number of H-pyrrole nitrogens is 1. The maximum atomic E-state index is 9.39. The minimum Gasteiger partial charge on any atom is -0.354 e. The van der Waals surface area contributed by atoms with Gasteiger partial charge in [0.1, 0.15) is 23.8 Å². The molecule has 0 atom stereocenters. The lowest BCUT2D eigenvalue weighted by molar-refractivity contribution is 1.15. The number of hydrogen-bond acceptors (Lipinski definition) is 3. The molecule has 4 nitrogen and oxygen atoms in total. The van der Waals surface area contributed by atoms with Gasteiger partial charge in [0.05, 0.1) is 5.57 Å². The fraction of sp³-hybridized carbons (Fsp3) is 0.105. The molecule has 0 saturated heterocycles. The minimum absolute atomic E-state index is 0.122. The Kier molecular flexibility index (Phi) is 3.55. The lowest BCUT2D eigenvalue weighted by atomic mass is 9.96. The Bertz CT molecular complexity index is 1060. The van der Waals surface area contributed by atoms with Crippen molar-refractivity contribution < 1.29 is 0 Å². The minimum atomic E-state index is -0.159. The molecular formula is C19H12N4. The van der Waals surface area contributed by atoms with Crippen LogP contribution in [0.2, 0.25) is 0 Å². The van der Waals surface area contributed by atoms with Crippen molar-refractivity contribution >= 4 is 27.4 Å². The van der Waals surface area contributed by atoms with Crippen molar-refractivity contribution in [1.82, 2.24) is 4.98 Å². The van der Waals surface area contributed by atoms with E-state index in [0.29, 0.717) is 5.56 Å². The van der Waals surface area contributed by atoms with E-state index in [9.17, 15) is 5.26 Å². The van der Waals surface area contributed by atoms with Crippen LogP contribution in [0, 0.1) is 34.0 Å². The topological polar surface area (TPSA) is 87.2 Å². The van der Waals surface area contributed by atoms with Gasteiger partial charge in [-0.3, -0.25) is 0 Å². The monoisotopic (exact) mass is 296 g/mol. The predicted octanol–water partition coefficient (Wildman–Crippen LogP) is 4.21. The molecule has 3 aromatic rings. The molecule has 0 amide bonds. The SMILES string of the molecule is CCc1cc(C(C#N)=C(C#N)C#N)cc2c1[nH]c1ccccc12. The molecule has 0 aliphatic heterocycles. The van der Waals surface area contributed by atoms with E-state index in [4.69, 9.17) is 10.5 Å². The maximum Gasteiger partial charge on any atom is 0.148 e. The van der Waals surface area contributed by atoms with Gasteiger partial charge in [0, 0.05) is 21.8 Å². The van der Waals surface area contributed by atoms with Gasteiger partial charge in [-0.2, -0.15) is 15.8 Å². The Balaban J connectivity index is 2.44. The molecule has 0 aliphatic carbocycles. The van der Waals surface area contributed by atoms with Gasteiger partial charge in [0.15, 0.2) is 0 Å². The van der Waals surface area contributed by atoms with Gasteiger partial charge < -0.3 is 4.98 Å². The highest BCUT2D eigenvalue weighted by atomic mass is 14.7. The van der Waals surface area contributed by atoms with Crippen molar-refractivity contribution in [3.8, 4) is 18.2 Å². The van der Waals surface area contributed by atoms with Crippen LogP contribution in [0.5, 0.6) is 0 Å². The fourth-order valence-electron chi connectivity index (χ4n) is 2.85. The molecule has 0 radical (unpaired) electrons. The van der Waals surface area contributed by atoms with Crippen LogP contribution in [0.4, 0.5) is 0 Å². The summed E-state index contributed by atoms with van der Waals surface area (Å²) in [6, 6.07) is 17.3. The number of nitrogens with one attached hydrogen (secondary N) is 1. The summed E-state index contributed by atoms with van der Waals surface area (Å²) in [5.41, 5.74) is 3.69. The molecule has 0 fully saturated rings. The molecular weight excluding hydrogens is 284 g/mol. The van der Waals surface area contributed by atoms with Gasteiger partial charge in [-0.15, -0.1) is 0 Å². The Morgan fingerprint density at radius 2 is 1.74 bits per heavy atom. The van der Waals surface area contributed by atoms with Crippen molar-refractivity contribution in [3.63, 3.8) is 0 Å². The Morgan fingerprint density at radius 3 is 2.39 bits per heavy atom. The smallest absolute Gasteiger partial charge is 0.148 e. The highest BCUT2D eigenvalue weighted by molar-refractivity contribution is 6.09. The van der Waals surface area contributed by atoms with Gasteiger partial charge in [-0.05, 0) is 35.7 Å². The second-order valence-corrected chi connectivity index (χ2v) is 5.17. The standard InChI is InChI=1S/C19H12N4/c1-2-12-7-13(17(11-22)14(9-20)10-21)8-16-15-5-3-4-6-18(15)23-19(12)16/h3-8,23H,2H2,1H3. The number of nitriles is 3. The highest BCUT2D eigenvalue weighted by Gasteiger charge is 2.14. The third kappa shape index (κ3) is 2.22. The normalized spacial score (nSPS) is 10.0. The van der Waals surface area contributed by atoms with Crippen LogP contribution in [0.15, 0.2) is 42.0 Å². The number of aryl methyl sites for hydroxylation is 1. The van der Waals surface area contributed by atoms with Gasteiger partial charge in [-0.1, -0.05) is 25.1 Å². The first kappa shape index (κ1) is 14.4. The summed E-state index contributed by atoms with van der Waals surface area (Å²) in [5, 5.41) is 29.6. The second kappa shape index (κ2) is 5.68. The van der Waals surface area contributed by atoms with E-state index in [0.717, 1.165) is 33.8 Å². The number of hydrogen-bond donors (Lipinski definition) is 1. The van der Waals surface area contributed by atoms with Gasteiger partial charge in [-0.25, -0.2) is 0 Å². The molecule has 1 heterocycles. The molecule has 0 saturated carbocycles. The van der Waals surface area contributed by atoms with Gasteiger partial charge in [0.2, 0.25) is 0 Å². The fourth-order valence-corrected chi connectivity index (χ4v) is 2.85. The first-order valence-corrected chi connectivity index (χ1v) is 7.21. The van der Waals surface area contributed by atoms with Crippen LogP contribution >= 0.6 is 0 Å². The highest BCUT2D eigenvalue weighted by Crippen LogP contribution is 2.32. The molecule has 4 heteroatoms. The van der Waals surface area contributed by atoms with Crippen molar-refractivity contribution in [1.29, 1.82) is 15.8 Å². The lowest BCUT2D eigenvalue weighted by Crippen LogP contribution is -1.91. The van der Waals surface area contributed by atoms with E-state index in [1.54, 1.807) is 12.1 Å². The molecule has 108 valence electrons. The first-order chi connectivity index (χ1) is 11.2.